The van der Waals surface area contributed by atoms with Crippen molar-refractivity contribution in [2.45, 2.75) is 23.7 Å². The number of nitrogens with zero attached hydrogens (tertiary/aromatic N) is 5. The SMILES string of the molecule is CCCOc1nc(NN)nc(Sc2ncn[nH]2)n1. The number of nitrogen functional groups attached to an aromatic ring is 1. The van der Waals surface area contributed by atoms with Gasteiger partial charge in [0.25, 0.3) is 0 Å². The molecule has 2 heterocycles. The fourth-order valence-corrected chi connectivity index (χ4v) is 1.66. The van der Waals surface area contributed by atoms with Crippen LogP contribution in [-0.2, 0) is 0 Å². The number of ether oxygens (including phenoxy) is 1. The van der Waals surface area contributed by atoms with Crippen LogP contribution in [0.2, 0.25) is 0 Å². The number of nitrogens with two attached hydrogens (primary N) is 1. The summed E-state index contributed by atoms with van der Waals surface area (Å²) in [5, 5.41) is 7.42. The molecule has 0 radical (unpaired) electrons. The molecule has 0 fully saturated rings. The van der Waals surface area contributed by atoms with Crippen molar-refractivity contribution in [3.63, 3.8) is 0 Å². The Kier molecular flexibility index (Phi) is 4.25. The maximum atomic E-state index is 5.34. The highest BCUT2D eigenvalue weighted by Gasteiger charge is 2.09. The van der Waals surface area contributed by atoms with Crippen LogP contribution in [0.1, 0.15) is 13.3 Å². The van der Waals surface area contributed by atoms with Gasteiger partial charge in [-0.05, 0) is 18.2 Å². The zero-order chi connectivity index (χ0) is 12.8. The number of anilines is 1. The zero-order valence-electron chi connectivity index (χ0n) is 9.62. The molecule has 0 aliphatic heterocycles. The number of hydrazine groups is 1. The van der Waals surface area contributed by atoms with E-state index in [1.54, 1.807) is 0 Å². The molecule has 2 rings (SSSR count). The summed E-state index contributed by atoms with van der Waals surface area (Å²) in [7, 11) is 0. The fraction of sp³-hybridized carbons (Fsp3) is 0.375. The van der Waals surface area contributed by atoms with Crippen molar-refractivity contribution in [1.82, 2.24) is 30.1 Å². The first-order valence-corrected chi connectivity index (χ1v) is 6.02. The van der Waals surface area contributed by atoms with E-state index in [4.69, 9.17) is 10.6 Å². The summed E-state index contributed by atoms with van der Waals surface area (Å²) in [6, 6.07) is 0.224. The Hall–Kier alpha value is -1.94. The predicted molar refractivity (Wildman–Crippen MR) is 63.9 cm³/mol. The molecule has 0 saturated carbocycles. The number of nitrogens with one attached hydrogen (secondary N) is 2. The minimum absolute atomic E-state index is 0.224. The van der Waals surface area contributed by atoms with Crippen LogP contribution in [0.5, 0.6) is 6.01 Å². The van der Waals surface area contributed by atoms with Gasteiger partial charge in [0.15, 0.2) is 5.16 Å². The Labute approximate surface area is 107 Å². The largest absolute Gasteiger partial charge is 0.463 e. The maximum absolute atomic E-state index is 5.34. The van der Waals surface area contributed by atoms with Crippen molar-refractivity contribution in [1.29, 1.82) is 0 Å². The molecular formula is C8H12N8OS. The molecule has 2 aromatic heterocycles. The molecular weight excluding hydrogens is 256 g/mol. The number of hydrogen-bond acceptors (Lipinski definition) is 9. The molecule has 0 atom stereocenters. The first-order chi connectivity index (χ1) is 8.81. The van der Waals surface area contributed by atoms with E-state index in [9.17, 15) is 0 Å². The van der Waals surface area contributed by atoms with Gasteiger partial charge in [0.05, 0.1) is 6.61 Å². The van der Waals surface area contributed by atoms with E-state index in [1.165, 1.54) is 18.1 Å². The predicted octanol–water partition coefficient (Wildman–Crippen LogP) is 0.215. The average molecular weight is 268 g/mol. The molecule has 0 bridgehead atoms. The minimum Gasteiger partial charge on any atom is -0.463 e. The average Bonchev–Trinajstić information content (AvgIpc) is 2.89. The van der Waals surface area contributed by atoms with Crippen LogP contribution in [0, 0.1) is 0 Å². The summed E-state index contributed by atoms with van der Waals surface area (Å²) in [6.07, 6.45) is 2.27. The number of rotatable bonds is 6. The lowest BCUT2D eigenvalue weighted by Gasteiger charge is -2.05. The smallest absolute Gasteiger partial charge is 0.322 e. The van der Waals surface area contributed by atoms with Gasteiger partial charge < -0.3 is 4.74 Å². The highest BCUT2D eigenvalue weighted by molar-refractivity contribution is 7.99. The van der Waals surface area contributed by atoms with E-state index in [0.29, 0.717) is 16.9 Å². The van der Waals surface area contributed by atoms with Crippen LogP contribution in [0.25, 0.3) is 0 Å². The molecule has 2 aromatic rings. The Morgan fingerprint density at radius 2 is 2.33 bits per heavy atom. The second-order valence-corrected chi connectivity index (χ2v) is 4.07. The number of hydrogen-bond donors (Lipinski definition) is 3. The molecule has 10 heteroatoms. The second-order valence-electron chi connectivity index (χ2n) is 3.11. The Balaban J connectivity index is 2.17. The van der Waals surface area contributed by atoms with Crippen LogP contribution < -0.4 is 16.0 Å². The standard InChI is InChI=1S/C8H12N8OS/c1-2-3-17-6-12-5(15-9)13-8(14-6)18-7-10-4-11-16-7/h4H,2-3,9H2,1H3,(H,10,11,16)(H,12,13,14,15). The molecule has 9 nitrogen and oxygen atoms in total. The van der Waals surface area contributed by atoms with Gasteiger partial charge >= 0.3 is 6.01 Å². The molecule has 0 spiro atoms. The van der Waals surface area contributed by atoms with Crippen LogP contribution in [0.3, 0.4) is 0 Å². The lowest BCUT2D eigenvalue weighted by Crippen LogP contribution is -2.13. The maximum Gasteiger partial charge on any atom is 0.322 e. The van der Waals surface area contributed by atoms with Gasteiger partial charge in [-0.15, -0.1) is 0 Å². The molecule has 18 heavy (non-hydrogen) atoms. The third-order valence-corrected chi connectivity index (χ3v) is 2.49. The minimum atomic E-state index is 0.224. The van der Waals surface area contributed by atoms with Gasteiger partial charge in [-0.1, -0.05) is 6.92 Å². The summed E-state index contributed by atoms with van der Waals surface area (Å²) in [5.74, 6) is 5.52. The van der Waals surface area contributed by atoms with Crippen molar-refractivity contribution in [3.05, 3.63) is 6.33 Å². The van der Waals surface area contributed by atoms with E-state index in [0.717, 1.165) is 6.42 Å². The van der Waals surface area contributed by atoms with Crippen LogP contribution in [0.4, 0.5) is 5.95 Å². The Bertz CT molecular complexity index is 490. The van der Waals surface area contributed by atoms with Gasteiger partial charge in [-0.3, -0.25) is 10.5 Å². The van der Waals surface area contributed by atoms with E-state index in [-0.39, 0.29) is 12.0 Å². The fourth-order valence-electron chi connectivity index (χ4n) is 1.04. The second kappa shape index (κ2) is 6.12. The summed E-state index contributed by atoms with van der Waals surface area (Å²) in [5.41, 5.74) is 2.36. The quantitative estimate of drug-likeness (QED) is 0.497. The Morgan fingerprint density at radius 3 is 3.00 bits per heavy atom. The zero-order valence-corrected chi connectivity index (χ0v) is 10.4. The molecule has 0 amide bonds. The highest BCUT2D eigenvalue weighted by atomic mass is 32.2. The van der Waals surface area contributed by atoms with E-state index in [1.807, 2.05) is 6.92 Å². The Morgan fingerprint density at radius 1 is 1.44 bits per heavy atom. The van der Waals surface area contributed by atoms with Crippen molar-refractivity contribution >= 4 is 17.7 Å². The highest BCUT2D eigenvalue weighted by Crippen LogP contribution is 2.22. The monoisotopic (exact) mass is 268 g/mol. The van der Waals surface area contributed by atoms with Crippen LogP contribution in [-0.4, -0.2) is 36.7 Å². The molecule has 96 valence electrons. The van der Waals surface area contributed by atoms with Gasteiger partial charge in [-0.2, -0.15) is 20.1 Å². The molecule has 0 aliphatic carbocycles. The summed E-state index contributed by atoms with van der Waals surface area (Å²) in [4.78, 5) is 16.1. The van der Waals surface area contributed by atoms with Gasteiger partial charge in [0.1, 0.15) is 6.33 Å². The summed E-state index contributed by atoms with van der Waals surface area (Å²) < 4.78 is 5.34. The van der Waals surface area contributed by atoms with Crippen LogP contribution in [0.15, 0.2) is 16.6 Å². The molecule has 0 aromatic carbocycles. The summed E-state index contributed by atoms with van der Waals surface area (Å²) in [6.45, 7) is 2.52. The number of H-pyrrole nitrogens is 1. The number of aromatic amines is 1. The third kappa shape index (κ3) is 3.28. The topological polar surface area (TPSA) is 128 Å². The normalized spacial score (nSPS) is 10.3. The van der Waals surface area contributed by atoms with Crippen molar-refractivity contribution < 1.29 is 4.74 Å². The lowest BCUT2D eigenvalue weighted by molar-refractivity contribution is 0.288. The first-order valence-electron chi connectivity index (χ1n) is 5.20. The van der Waals surface area contributed by atoms with Crippen LogP contribution >= 0.6 is 11.8 Å². The van der Waals surface area contributed by atoms with Gasteiger partial charge in [0, 0.05) is 0 Å². The third-order valence-electron chi connectivity index (χ3n) is 1.74. The van der Waals surface area contributed by atoms with Crippen molar-refractivity contribution in [2.24, 2.45) is 5.84 Å². The molecule has 0 unspecified atom stereocenters. The van der Waals surface area contributed by atoms with Gasteiger partial charge in [0.2, 0.25) is 11.1 Å². The number of aromatic nitrogens is 6. The molecule has 0 saturated heterocycles. The molecule has 4 N–H and O–H groups in total. The molecule has 0 aliphatic rings. The van der Waals surface area contributed by atoms with Crippen molar-refractivity contribution in [3.8, 4) is 6.01 Å². The first kappa shape index (κ1) is 12.5. The van der Waals surface area contributed by atoms with Gasteiger partial charge in [-0.25, -0.2) is 10.8 Å². The van der Waals surface area contributed by atoms with E-state index in [2.05, 4.69) is 35.6 Å². The lowest BCUT2D eigenvalue weighted by atomic mass is 10.5. The van der Waals surface area contributed by atoms with Crippen molar-refractivity contribution in [2.75, 3.05) is 12.0 Å². The summed E-state index contributed by atoms with van der Waals surface area (Å²) >= 11 is 1.20. The van der Waals surface area contributed by atoms with E-state index >= 15 is 0 Å². The van der Waals surface area contributed by atoms with E-state index < -0.39 is 0 Å².